The third-order valence-corrected chi connectivity index (χ3v) is 2.53. The van der Waals surface area contributed by atoms with Crippen molar-refractivity contribution in [1.29, 1.82) is 0 Å². The van der Waals surface area contributed by atoms with E-state index in [-0.39, 0.29) is 6.03 Å². The smallest absolute Gasteiger partial charge is 0.320 e. The Morgan fingerprint density at radius 3 is 2.40 bits per heavy atom. The van der Waals surface area contributed by atoms with E-state index >= 15 is 0 Å². The quantitative estimate of drug-likeness (QED) is 0.411. The molecule has 0 saturated carbocycles. The Morgan fingerprint density at radius 2 is 2.10 bits per heavy atom. The maximum atomic E-state index is 11.2. The van der Waals surface area contributed by atoms with E-state index in [1.54, 1.807) is 0 Å². The lowest BCUT2D eigenvalue weighted by atomic mass is 10.6. The number of hydrogen-bond donors (Lipinski definition) is 0. The minimum Gasteiger partial charge on any atom is -0.323 e. The number of nitrogens with zero attached hydrogens (tertiary/aromatic N) is 2. The number of urea groups is 1. The van der Waals surface area contributed by atoms with Gasteiger partial charge in [0.1, 0.15) is 0 Å². The number of alkyl halides is 1. The first-order chi connectivity index (χ1) is 4.79. The van der Waals surface area contributed by atoms with Crippen LogP contribution in [0.1, 0.15) is 6.92 Å². The number of amides is 2. The summed E-state index contributed by atoms with van der Waals surface area (Å²) in [7, 11) is 0. The Balaban J connectivity index is 2.49. The summed E-state index contributed by atoms with van der Waals surface area (Å²) in [6, 6.07) is 0.192. The van der Waals surface area contributed by atoms with Crippen molar-refractivity contribution in [3.63, 3.8) is 0 Å². The highest BCUT2D eigenvalue weighted by molar-refractivity contribution is 14.1. The van der Waals surface area contributed by atoms with Crippen molar-refractivity contribution in [3.8, 4) is 0 Å². The SMILES string of the molecule is CCN1CCN(CI)C1=O. The maximum absolute atomic E-state index is 11.2. The van der Waals surface area contributed by atoms with E-state index in [4.69, 9.17) is 0 Å². The van der Waals surface area contributed by atoms with E-state index in [2.05, 4.69) is 22.6 Å². The summed E-state index contributed by atoms with van der Waals surface area (Å²) < 4.78 is 0.813. The van der Waals surface area contributed by atoms with Crippen molar-refractivity contribution < 1.29 is 4.79 Å². The van der Waals surface area contributed by atoms with Crippen LogP contribution in [0.15, 0.2) is 0 Å². The zero-order chi connectivity index (χ0) is 7.56. The zero-order valence-corrected chi connectivity index (χ0v) is 8.17. The second kappa shape index (κ2) is 3.41. The molecule has 0 aromatic heterocycles. The van der Waals surface area contributed by atoms with Gasteiger partial charge < -0.3 is 9.80 Å². The standard InChI is InChI=1S/C6H11IN2O/c1-2-8-3-4-9(5-7)6(8)10/h2-5H2,1H3. The van der Waals surface area contributed by atoms with Crippen LogP contribution in [0.2, 0.25) is 0 Å². The summed E-state index contributed by atoms with van der Waals surface area (Å²) in [5.74, 6) is 0. The molecule has 0 N–H and O–H groups in total. The molecule has 1 rings (SSSR count). The van der Waals surface area contributed by atoms with Gasteiger partial charge in [-0.1, -0.05) is 22.6 Å². The summed E-state index contributed by atoms with van der Waals surface area (Å²) in [4.78, 5) is 14.9. The minimum atomic E-state index is 0.192. The molecule has 0 bridgehead atoms. The zero-order valence-electron chi connectivity index (χ0n) is 6.01. The molecule has 0 spiro atoms. The first-order valence-electron chi connectivity index (χ1n) is 3.39. The molecule has 0 aromatic carbocycles. The van der Waals surface area contributed by atoms with Crippen molar-refractivity contribution in [2.24, 2.45) is 0 Å². The Bertz CT molecular complexity index is 126. The van der Waals surface area contributed by atoms with Gasteiger partial charge >= 0.3 is 6.03 Å². The van der Waals surface area contributed by atoms with Gasteiger partial charge in [0, 0.05) is 19.6 Å². The van der Waals surface area contributed by atoms with Gasteiger partial charge in [-0.25, -0.2) is 4.79 Å². The number of carbonyl (C=O) groups is 1. The molecule has 1 fully saturated rings. The topological polar surface area (TPSA) is 23.6 Å². The molecule has 58 valence electrons. The molecule has 0 aliphatic carbocycles. The predicted octanol–water partition coefficient (Wildman–Crippen LogP) is 1.14. The fraction of sp³-hybridized carbons (Fsp3) is 0.833. The summed E-state index contributed by atoms with van der Waals surface area (Å²) in [5.41, 5.74) is 0. The number of likely N-dealkylation sites (N-methyl/N-ethyl adjacent to an activating group) is 1. The average Bonchev–Trinajstić information content (AvgIpc) is 2.30. The van der Waals surface area contributed by atoms with Crippen molar-refractivity contribution >= 4 is 28.6 Å². The highest BCUT2D eigenvalue weighted by atomic mass is 127. The first kappa shape index (κ1) is 8.10. The molecule has 3 nitrogen and oxygen atoms in total. The van der Waals surface area contributed by atoms with Crippen molar-refractivity contribution in [1.82, 2.24) is 9.80 Å². The van der Waals surface area contributed by atoms with Gasteiger partial charge in [-0.15, -0.1) is 0 Å². The highest BCUT2D eigenvalue weighted by Crippen LogP contribution is 2.08. The van der Waals surface area contributed by atoms with E-state index in [1.807, 2.05) is 16.7 Å². The lowest BCUT2D eigenvalue weighted by Gasteiger charge is -2.13. The molecule has 0 atom stereocenters. The van der Waals surface area contributed by atoms with E-state index < -0.39 is 0 Å². The van der Waals surface area contributed by atoms with Gasteiger partial charge in [-0.3, -0.25) is 0 Å². The molecular weight excluding hydrogens is 243 g/mol. The van der Waals surface area contributed by atoms with Gasteiger partial charge in [-0.05, 0) is 6.92 Å². The Hall–Kier alpha value is -0.0000000000000000555. The normalized spacial score (nSPS) is 18.8. The van der Waals surface area contributed by atoms with Crippen LogP contribution >= 0.6 is 22.6 Å². The fourth-order valence-corrected chi connectivity index (χ4v) is 1.67. The fourth-order valence-electron chi connectivity index (χ4n) is 1.04. The van der Waals surface area contributed by atoms with Gasteiger partial charge in [0.15, 0.2) is 0 Å². The number of halogens is 1. The average molecular weight is 254 g/mol. The summed E-state index contributed by atoms with van der Waals surface area (Å²) >= 11 is 2.21. The van der Waals surface area contributed by atoms with Crippen LogP contribution in [0.4, 0.5) is 4.79 Å². The van der Waals surface area contributed by atoms with Crippen molar-refractivity contribution in [2.75, 3.05) is 24.2 Å². The van der Waals surface area contributed by atoms with E-state index in [1.165, 1.54) is 0 Å². The summed E-state index contributed by atoms with van der Waals surface area (Å²) in [6.45, 7) is 4.65. The van der Waals surface area contributed by atoms with Crippen LogP contribution < -0.4 is 0 Å². The molecule has 1 heterocycles. The molecule has 1 saturated heterocycles. The number of rotatable bonds is 2. The second-order valence-electron chi connectivity index (χ2n) is 2.25. The first-order valence-corrected chi connectivity index (χ1v) is 4.92. The monoisotopic (exact) mass is 254 g/mol. The molecule has 0 radical (unpaired) electrons. The van der Waals surface area contributed by atoms with Crippen LogP contribution in [0.5, 0.6) is 0 Å². The summed E-state index contributed by atoms with van der Waals surface area (Å²) in [6.07, 6.45) is 0. The van der Waals surface area contributed by atoms with Crippen LogP contribution in [-0.4, -0.2) is 40.0 Å². The van der Waals surface area contributed by atoms with Crippen LogP contribution in [-0.2, 0) is 0 Å². The largest absolute Gasteiger partial charge is 0.323 e. The molecule has 4 heteroatoms. The Labute approximate surface area is 74.5 Å². The molecule has 0 aromatic rings. The van der Waals surface area contributed by atoms with Gasteiger partial charge in [-0.2, -0.15) is 0 Å². The molecule has 10 heavy (non-hydrogen) atoms. The number of hydrogen-bond acceptors (Lipinski definition) is 1. The molecule has 0 unspecified atom stereocenters. The lowest BCUT2D eigenvalue weighted by Crippen LogP contribution is -2.30. The van der Waals surface area contributed by atoms with Crippen LogP contribution in [0.25, 0.3) is 0 Å². The predicted molar refractivity (Wildman–Crippen MR) is 48.2 cm³/mol. The Morgan fingerprint density at radius 1 is 1.50 bits per heavy atom. The maximum Gasteiger partial charge on any atom is 0.320 e. The van der Waals surface area contributed by atoms with E-state index in [0.29, 0.717) is 0 Å². The Kier molecular flexibility index (Phi) is 2.76. The second-order valence-corrected chi connectivity index (χ2v) is 2.93. The molecule has 2 amide bonds. The molecule has 1 aliphatic rings. The van der Waals surface area contributed by atoms with Crippen LogP contribution in [0.3, 0.4) is 0 Å². The van der Waals surface area contributed by atoms with Gasteiger partial charge in [0.05, 0.1) is 4.55 Å². The van der Waals surface area contributed by atoms with E-state index in [9.17, 15) is 4.79 Å². The van der Waals surface area contributed by atoms with Crippen LogP contribution in [0, 0.1) is 0 Å². The highest BCUT2D eigenvalue weighted by Gasteiger charge is 2.25. The van der Waals surface area contributed by atoms with Gasteiger partial charge in [0.2, 0.25) is 0 Å². The molecule has 1 aliphatic heterocycles. The van der Waals surface area contributed by atoms with Crippen molar-refractivity contribution in [2.45, 2.75) is 6.92 Å². The third-order valence-electron chi connectivity index (χ3n) is 1.71. The molecular formula is C6H11IN2O. The summed E-state index contributed by atoms with van der Waals surface area (Å²) in [5, 5.41) is 0. The number of carbonyl (C=O) groups excluding carboxylic acids is 1. The lowest BCUT2D eigenvalue weighted by molar-refractivity contribution is 0.200. The van der Waals surface area contributed by atoms with Gasteiger partial charge in [0.25, 0.3) is 0 Å². The third kappa shape index (κ3) is 1.36. The van der Waals surface area contributed by atoms with E-state index in [0.717, 1.165) is 24.2 Å². The van der Waals surface area contributed by atoms with Crippen molar-refractivity contribution in [3.05, 3.63) is 0 Å². The minimum absolute atomic E-state index is 0.192.